The summed E-state index contributed by atoms with van der Waals surface area (Å²) in [4.78, 5) is 107. The minimum absolute atomic E-state index is 0.0159. The minimum atomic E-state index is -0.624. The van der Waals surface area contributed by atoms with Crippen molar-refractivity contribution in [2.75, 3.05) is 47.5 Å². The number of H-pyrrole nitrogens is 2. The first kappa shape index (κ1) is 47.5. The fourth-order valence-corrected chi connectivity index (χ4v) is 6.01. The molecule has 7 amide bonds. The number of carbonyl (C=O) groups is 7. The van der Waals surface area contributed by atoms with Crippen LogP contribution in [0, 0.1) is 5.92 Å². The van der Waals surface area contributed by atoms with Crippen molar-refractivity contribution in [3.05, 3.63) is 78.2 Å². The molecule has 9 N–H and O–H groups in total. The van der Waals surface area contributed by atoms with E-state index in [9.17, 15) is 33.6 Å². The van der Waals surface area contributed by atoms with Crippen molar-refractivity contribution in [1.82, 2.24) is 54.6 Å². The molecule has 5 aromatic heterocycles. The number of amides is 7. The Morgan fingerprint density at radius 2 is 1.14 bits per heavy atom. The number of rotatable bonds is 22. The molecule has 0 atom stereocenters. The van der Waals surface area contributed by atoms with Gasteiger partial charge in [0.1, 0.15) is 11.4 Å². The van der Waals surface area contributed by atoms with E-state index in [2.05, 4.69) is 76.0 Å². The highest BCUT2D eigenvalue weighted by Gasteiger charge is 2.22. The maximum absolute atomic E-state index is 13.0. The van der Waals surface area contributed by atoms with E-state index in [0.29, 0.717) is 31.2 Å². The number of nitrogens with zero attached hydrogens (tertiary/aromatic N) is 6. The first-order chi connectivity index (χ1) is 30.4. The SMILES string of the molecule is CC(C)CCOC(C)(C)CCNC(=O)c1nc(NC(=O)CCNC(=O)c2cc(NC(=O)c3nc(NC(=O)CCNC(=O)c4cc(NC(=O)c5nccn5C)c[nH]4)cn3C)c[nH]2)cn1C. The van der Waals surface area contributed by atoms with E-state index >= 15 is 0 Å². The second kappa shape index (κ2) is 21.5. The molecule has 0 fully saturated rings. The number of nitrogens with one attached hydrogen (secondary N) is 9. The summed E-state index contributed by atoms with van der Waals surface area (Å²) in [7, 11) is 4.88. The number of aryl methyl sites for hydroxylation is 3. The predicted octanol–water partition coefficient (Wildman–Crippen LogP) is 2.53. The van der Waals surface area contributed by atoms with E-state index in [1.165, 1.54) is 52.3 Å². The summed E-state index contributed by atoms with van der Waals surface area (Å²) in [6.07, 6.45) is 10.3. The van der Waals surface area contributed by atoms with Crippen molar-refractivity contribution < 1.29 is 38.3 Å². The Balaban J connectivity index is 0.989. The number of imidazole rings is 3. The van der Waals surface area contributed by atoms with Gasteiger partial charge in [-0.25, -0.2) is 15.0 Å². The molecule has 0 aliphatic rings. The Kier molecular flexibility index (Phi) is 15.9. The average molecular weight is 886 g/mol. The predicted molar refractivity (Wildman–Crippen MR) is 235 cm³/mol. The summed E-state index contributed by atoms with van der Waals surface area (Å²) < 4.78 is 10.4. The molecule has 0 aromatic carbocycles. The molecule has 0 bridgehead atoms. The van der Waals surface area contributed by atoms with E-state index in [-0.39, 0.29) is 72.1 Å². The molecule has 0 unspecified atom stereocenters. The number of ether oxygens (including phenoxy) is 1. The Bertz CT molecular complexity index is 2470. The van der Waals surface area contributed by atoms with Gasteiger partial charge in [-0.3, -0.25) is 33.6 Å². The van der Waals surface area contributed by atoms with Gasteiger partial charge < -0.3 is 65.6 Å². The molecule has 23 heteroatoms. The third-order valence-electron chi connectivity index (χ3n) is 9.57. The maximum atomic E-state index is 13.0. The molecule has 64 heavy (non-hydrogen) atoms. The van der Waals surface area contributed by atoms with Crippen LogP contribution in [-0.2, 0) is 35.5 Å². The van der Waals surface area contributed by atoms with Crippen LogP contribution in [0.1, 0.15) is 106 Å². The van der Waals surface area contributed by atoms with Gasteiger partial charge in [-0.2, -0.15) is 0 Å². The number of aromatic nitrogens is 8. The molecule has 5 heterocycles. The van der Waals surface area contributed by atoms with Gasteiger partial charge in [-0.1, -0.05) is 13.8 Å². The molecule has 5 rings (SSSR count). The lowest BCUT2D eigenvalue weighted by Gasteiger charge is -2.26. The van der Waals surface area contributed by atoms with Crippen molar-refractivity contribution in [2.45, 2.75) is 59.0 Å². The van der Waals surface area contributed by atoms with Crippen LogP contribution in [0.15, 0.2) is 49.3 Å². The lowest BCUT2D eigenvalue weighted by molar-refractivity contribution is -0.116. The lowest BCUT2D eigenvalue weighted by atomic mass is 10.0. The number of carbonyl (C=O) groups excluding carboxylic acids is 7. The van der Waals surface area contributed by atoms with Gasteiger partial charge in [0.05, 0.1) is 17.0 Å². The van der Waals surface area contributed by atoms with Gasteiger partial charge in [0.25, 0.3) is 29.5 Å². The van der Waals surface area contributed by atoms with Gasteiger partial charge in [-0.15, -0.1) is 0 Å². The van der Waals surface area contributed by atoms with E-state index in [0.717, 1.165) is 6.42 Å². The fraction of sp³-hybridized carbons (Fsp3) is 0.415. The zero-order valence-corrected chi connectivity index (χ0v) is 36.8. The average Bonchev–Trinajstić information content (AvgIpc) is 4.07. The van der Waals surface area contributed by atoms with Crippen LogP contribution in [0.3, 0.4) is 0 Å². The Morgan fingerprint density at radius 3 is 1.62 bits per heavy atom. The molecule has 0 radical (unpaired) electrons. The molecule has 0 saturated heterocycles. The van der Waals surface area contributed by atoms with Crippen LogP contribution in [0.2, 0.25) is 0 Å². The number of hydrogen-bond acceptors (Lipinski definition) is 11. The zero-order valence-electron chi connectivity index (χ0n) is 36.8. The summed E-state index contributed by atoms with van der Waals surface area (Å²) in [5.74, 6) is -2.29. The highest BCUT2D eigenvalue weighted by Crippen LogP contribution is 2.17. The molecule has 0 saturated carbocycles. The first-order valence-corrected chi connectivity index (χ1v) is 20.5. The van der Waals surface area contributed by atoms with Crippen LogP contribution >= 0.6 is 0 Å². The van der Waals surface area contributed by atoms with Gasteiger partial charge in [-0.05, 0) is 44.7 Å². The largest absolute Gasteiger partial charge is 0.375 e. The Hall–Kier alpha value is -7.56. The fourth-order valence-electron chi connectivity index (χ4n) is 6.01. The first-order valence-electron chi connectivity index (χ1n) is 20.5. The van der Waals surface area contributed by atoms with Crippen LogP contribution in [0.4, 0.5) is 23.0 Å². The molecule has 5 aromatic rings. The lowest BCUT2D eigenvalue weighted by Crippen LogP contribution is -2.34. The molecule has 23 nitrogen and oxygen atoms in total. The summed E-state index contributed by atoms with van der Waals surface area (Å²) in [5.41, 5.74) is 0.505. The van der Waals surface area contributed by atoms with Gasteiger partial charge >= 0.3 is 0 Å². The second-order valence-electron chi connectivity index (χ2n) is 15.9. The van der Waals surface area contributed by atoms with Crippen LogP contribution in [0.25, 0.3) is 0 Å². The zero-order chi connectivity index (χ0) is 46.6. The molecular weight excluding hydrogens is 831 g/mol. The topological polar surface area (TPSA) is 298 Å². The van der Waals surface area contributed by atoms with Crippen LogP contribution in [-0.4, -0.2) is 112 Å². The maximum Gasteiger partial charge on any atom is 0.291 e. The number of anilines is 4. The quantitative estimate of drug-likeness (QED) is 0.0487. The highest BCUT2D eigenvalue weighted by molar-refractivity contribution is 6.04. The minimum Gasteiger partial charge on any atom is -0.375 e. The molecule has 342 valence electrons. The highest BCUT2D eigenvalue weighted by atomic mass is 16.5. The summed E-state index contributed by atoms with van der Waals surface area (Å²) in [5, 5.41) is 18.6. The van der Waals surface area contributed by atoms with E-state index in [1.807, 2.05) is 13.8 Å². The van der Waals surface area contributed by atoms with Gasteiger partial charge in [0, 0.05) is 97.4 Å². The van der Waals surface area contributed by atoms with Gasteiger partial charge in [0.15, 0.2) is 17.5 Å². The smallest absolute Gasteiger partial charge is 0.291 e. The summed E-state index contributed by atoms with van der Waals surface area (Å²) in [6.45, 7) is 9.22. The summed E-state index contributed by atoms with van der Waals surface area (Å²) in [6, 6.07) is 2.85. The van der Waals surface area contributed by atoms with Crippen molar-refractivity contribution >= 4 is 64.4 Å². The van der Waals surface area contributed by atoms with Crippen molar-refractivity contribution in [2.24, 2.45) is 27.1 Å². The van der Waals surface area contributed by atoms with Crippen molar-refractivity contribution in [3.63, 3.8) is 0 Å². The van der Waals surface area contributed by atoms with Crippen molar-refractivity contribution in [1.29, 1.82) is 0 Å². The van der Waals surface area contributed by atoms with Crippen molar-refractivity contribution in [3.8, 4) is 0 Å². The molecular formula is C41H55N15O8. The number of aromatic amines is 2. The second-order valence-corrected chi connectivity index (χ2v) is 15.9. The summed E-state index contributed by atoms with van der Waals surface area (Å²) >= 11 is 0. The molecule has 0 aliphatic heterocycles. The number of hydrogen-bond donors (Lipinski definition) is 9. The third-order valence-corrected chi connectivity index (χ3v) is 9.57. The Morgan fingerprint density at radius 1 is 0.656 bits per heavy atom. The molecule has 0 aliphatic carbocycles. The molecule has 0 spiro atoms. The third kappa shape index (κ3) is 13.7. The normalized spacial score (nSPS) is 11.2. The Labute approximate surface area is 368 Å². The van der Waals surface area contributed by atoms with E-state index < -0.39 is 47.0 Å². The monoisotopic (exact) mass is 885 g/mol. The standard InChI is InChI=1S/C41H55N15O8/c1-24(2)10-17-64-41(3,4)11-14-45-38(61)34-52-29(22-55(34)6)50-31(57)8-12-44-37(60)28-19-26(21-47-28)49-40(63)35-53-30(23-56(35)7)51-32(58)9-13-43-36(59)27-18-25(20-46-27)48-39(62)33-42-15-16-54(33)5/h15-16,18-24,46-47H,8-14,17H2,1-7H3,(H,43,59)(H,44,60)(H,45,61)(H,48,62)(H,49,63)(H,50,57)(H,51,58). The van der Waals surface area contributed by atoms with E-state index in [4.69, 9.17) is 4.74 Å². The van der Waals surface area contributed by atoms with Crippen LogP contribution < -0.4 is 37.2 Å². The van der Waals surface area contributed by atoms with Gasteiger partial charge in [0.2, 0.25) is 23.5 Å². The van der Waals surface area contributed by atoms with E-state index in [1.54, 1.807) is 31.9 Å². The van der Waals surface area contributed by atoms with Crippen LogP contribution in [0.5, 0.6) is 0 Å².